The van der Waals surface area contributed by atoms with Crippen LogP contribution < -0.4 is 10.1 Å². The van der Waals surface area contributed by atoms with Crippen molar-refractivity contribution in [2.45, 2.75) is 13.5 Å². The molecule has 0 aliphatic carbocycles. The van der Waals surface area contributed by atoms with Gasteiger partial charge in [-0.3, -0.25) is 14.5 Å². The molecule has 0 atom stereocenters. The maximum atomic E-state index is 13.5. The summed E-state index contributed by atoms with van der Waals surface area (Å²) >= 11 is 0. The molecule has 0 saturated carbocycles. The second-order valence-corrected chi connectivity index (χ2v) is 7.83. The maximum absolute atomic E-state index is 13.5. The Labute approximate surface area is 189 Å². The number of nitrogens with zero attached hydrogens (tertiary/aromatic N) is 3. The first kappa shape index (κ1) is 20.6. The summed E-state index contributed by atoms with van der Waals surface area (Å²) in [5.74, 6) is 0.110. The van der Waals surface area contributed by atoms with Crippen molar-refractivity contribution in [3.63, 3.8) is 0 Å². The van der Waals surface area contributed by atoms with Crippen LogP contribution in [-0.2, 0) is 11.3 Å². The average Bonchev–Trinajstić information content (AvgIpc) is 3.18. The number of benzene rings is 3. The number of anilines is 1. The molecule has 5 aromatic rings. The molecule has 33 heavy (non-hydrogen) atoms. The summed E-state index contributed by atoms with van der Waals surface area (Å²) in [7, 11) is 1.58. The van der Waals surface area contributed by atoms with Crippen molar-refractivity contribution in [2.24, 2.45) is 0 Å². The smallest absolute Gasteiger partial charge is 0.246 e. The molecule has 6 nitrogen and oxygen atoms in total. The molecule has 2 heterocycles. The molecule has 0 unspecified atom stereocenters. The number of halogens is 1. The third-order valence-electron chi connectivity index (χ3n) is 5.49. The van der Waals surface area contributed by atoms with Crippen molar-refractivity contribution in [1.29, 1.82) is 0 Å². The fraction of sp³-hybridized carbons (Fsp3) is 0.115. The third-order valence-corrected chi connectivity index (χ3v) is 5.49. The number of hydrogen-bond donors (Lipinski definition) is 1. The summed E-state index contributed by atoms with van der Waals surface area (Å²) in [6.45, 7) is 2.01. The van der Waals surface area contributed by atoms with Gasteiger partial charge in [-0.2, -0.15) is 5.10 Å². The van der Waals surface area contributed by atoms with Crippen LogP contribution in [0.2, 0.25) is 0 Å². The highest BCUT2D eigenvalue weighted by Gasteiger charge is 2.18. The lowest BCUT2D eigenvalue weighted by Gasteiger charge is -2.09. The molecular weight excluding hydrogens is 419 g/mol. The van der Waals surface area contributed by atoms with Gasteiger partial charge in [0.15, 0.2) is 0 Å². The van der Waals surface area contributed by atoms with E-state index in [4.69, 9.17) is 9.84 Å². The topological polar surface area (TPSA) is 69.0 Å². The highest BCUT2D eigenvalue weighted by molar-refractivity contribution is 6.08. The van der Waals surface area contributed by atoms with Gasteiger partial charge in [0.25, 0.3) is 0 Å². The van der Waals surface area contributed by atoms with E-state index in [2.05, 4.69) is 10.3 Å². The van der Waals surface area contributed by atoms with Crippen molar-refractivity contribution in [1.82, 2.24) is 14.8 Å². The maximum Gasteiger partial charge on any atom is 0.246 e. The monoisotopic (exact) mass is 440 g/mol. The molecule has 0 aliphatic rings. The minimum absolute atomic E-state index is 0.00194. The summed E-state index contributed by atoms with van der Waals surface area (Å²) < 4.78 is 20.4. The van der Waals surface area contributed by atoms with E-state index in [0.717, 1.165) is 32.9 Å². The molecule has 7 heteroatoms. The van der Waals surface area contributed by atoms with E-state index in [1.165, 1.54) is 12.1 Å². The Kier molecular flexibility index (Phi) is 5.22. The number of carbonyl (C=O) groups is 1. The fourth-order valence-electron chi connectivity index (χ4n) is 3.94. The van der Waals surface area contributed by atoms with Gasteiger partial charge in [0.1, 0.15) is 23.8 Å². The molecule has 5 rings (SSSR count). The number of ether oxygens (including phenoxy) is 1. The SMILES string of the molecule is COc1cccc(NC(=O)Cn2nc(-c3ccc(F)cc3)c3cnc4ccc(C)cc4c32)c1. The summed E-state index contributed by atoms with van der Waals surface area (Å²) in [6.07, 6.45) is 1.76. The van der Waals surface area contributed by atoms with E-state index in [0.29, 0.717) is 17.1 Å². The molecular formula is C26H21FN4O2. The van der Waals surface area contributed by atoms with Gasteiger partial charge in [-0.15, -0.1) is 0 Å². The standard InChI is InChI=1S/C26H21FN4O2/c1-16-6-11-23-21(12-16)26-22(14-28-23)25(17-7-9-18(27)10-8-17)30-31(26)15-24(32)29-19-4-3-5-20(13-19)33-2/h3-14H,15H2,1-2H3,(H,29,32). The average molecular weight is 440 g/mol. The number of rotatable bonds is 5. The van der Waals surface area contributed by atoms with Crippen molar-refractivity contribution >= 4 is 33.4 Å². The lowest BCUT2D eigenvalue weighted by Crippen LogP contribution is -2.19. The second kappa shape index (κ2) is 8.35. The first-order valence-corrected chi connectivity index (χ1v) is 10.5. The second-order valence-electron chi connectivity index (χ2n) is 7.83. The summed E-state index contributed by atoms with van der Waals surface area (Å²) in [5.41, 5.74) is 4.74. The molecule has 2 aromatic heterocycles. The summed E-state index contributed by atoms with van der Waals surface area (Å²) in [4.78, 5) is 17.5. The largest absolute Gasteiger partial charge is 0.497 e. The highest BCUT2D eigenvalue weighted by atomic mass is 19.1. The van der Waals surface area contributed by atoms with Crippen LogP contribution in [0, 0.1) is 12.7 Å². The molecule has 0 radical (unpaired) electrons. The van der Waals surface area contributed by atoms with Crippen molar-refractivity contribution in [3.8, 4) is 17.0 Å². The number of amides is 1. The van der Waals surface area contributed by atoms with Gasteiger partial charge in [-0.25, -0.2) is 4.39 Å². The zero-order chi connectivity index (χ0) is 22.9. The van der Waals surface area contributed by atoms with Crippen LogP contribution in [0.4, 0.5) is 10.1 Å². The Balaban J connectivity index is 1.61. The minimum Gasteiger partial charge on any atom is -0.497 e. The fourth-order valence-corrected chi connectivity index (χ4v) is 3.94. The lowest BCUT2D eigenvalue weighted by atomic mass is 10.1. The van der Waals surface area contributed by atoms with Crippen LogP contribution in [0.25, 0.3) is 33.1 Å². The van der Waals surface area contributed by atoms with Gasteiger partial charge in [0.2, 0.25) is 5.91 Å². The summed E-state index contributed by atoms with van der Waals surface area (Å²) in [5, 5.41) is 9.36. The highest BCUT2D eigenvalue weighted by Crippen LogP contribution is 2.32. The quantitative estimate of drug-likeness (QED) is 0.400. The number of aromatic nitrogens is 3. The lowest BCUT2D eigenvalue weighted by molar-refractivity contribution is -0.116. The number of aryl methyl sites for hydroxylation is 1. The predicted molar refractivity (Wildman–Crippen MR) is 127 cm³/mol. The van der Waals surface area contributed by atoms with E-state index < -0.39 is 0 Å². The number of carbonyl (C=O) groups excluding carboxylic acids is 1. The molecule has 1 N–H and O–H groups in total. The molecule has 0 bridgehead atoms. The number of fused-ring (bicyclic) bond motifs is 3. The van der Waals surface area contributed by atoms with Gasteiger partial charge in [-0.05, 0) is 55.5 Å². The Bertz CT molecular complexity index is 1490. The van der Waals surface area contributed by atoms with Crippen LogP contribution in [0.3, 0.4) is 0 Å². The van der Waals surface area contributed by atoms with E-state index in [1.54, 1.807) is 42.3 Å². The predicted octanol–water partition coefficient (Wildman–Crippen LogP) is 5.35. The van der Waals surface area contributed by atoms with E-state index in [-0.39, 0.29) is 18.3 Å². The van der Waals surface area contributed by atoms with Gasteiger partial charge in [0.05, 0.1) is 18.1 Å². The van der Waals surface area contributed by atoms with Gasteiger partial charge >= 0.3 is 0 Å². The van der Waals surface area contributed by atoms with Crippen molar-refractivity contribution < 1.29 is 13.9 Å². The van der Waals surface area contributed by atoms with Crippen LogP contribution in [0.5, 0.6) is 5.75 Å². The molecule has 0 fully saturated rings. The molecule has 0 spiro atoms. The first-order valence-electron chi connectivity index (χ1n) is 10.5. The van der Waals surface area contributed by atoms with Crippen molar-refractivity contribution in [3.05, 3.63) is 84.3 Å². The van der Waals surface area contributed by atoms with Crippen LogP contribution in [0.15, 0.2) is 72.9 Å². The molecule has 0 saturated heterocycles. The van der Waals surface area contributed by atoms with Gasteiger partial charge in [-0.1, -0.05) is 17.7 Å². The van der Waals surface area contributed by atoms with Gasteiger partial charge < -0.3 is 10.1 Å². The van der Waals surface area contributed by atoms with E-state index >= 15 is 0 Å². The van der Waals surface area contributed by atoms with E-state index in [9.17, 15) is 9.18 Å². The molecule has 1 amide bonds. The Morgan fingerprint density at radius 3 is 2.67 bits per heavy atom. The zero-order valence-corrected chi connectivity index (χ0v) is 18.2. The van der Waals surface area contributed by atoms with Crippen LogP contribution in [0.1, 0.15) is 5.56 Å². The Hall–Kier alpha value is -4.26. The summed E-state index contributed by atoms with van der Waals surface area (Å²) in [6, 6.07) is 19.3. The minimum atomic E-state index is -0.320. The first-order chi connectivity index (χ1) is 16.0. The Morgan fingerprint density at radius 2 is 1.88 bits per heavy atom. The number of hydrogen-bond acceptors (Lipinski definition) is 4. The normalized spacial score (nSPS) is 11.1. The number of nitrogens with one attached hydrogen (secondary N) is 1. The van der Waals surface area contributed by atoms with E-state index in [1.807, 2.05) is 37.3 Å². The number of pyridine rings is 1. The molecule has 164 valence electrons. The van der Waals surface area contributed by atoms with Gasteiger partial charge in [0, 0.05) is 34.3 Å². The molecule has 0 aliphatic heterocycles. The Morgan fingerprint density at radius 1 is 1.06 bits per heavy atom. The third kappa shape index (κ3) is 4.01. The van der Waals surface area contributed by atoms with Crippen molar-refractivity contribution in [2.75, 3.05) is 12.4 Å². The molecule has 3 aromatic carbocycles. The zero-order valence-electron chi connectivity index (χ0n) is 18.2. The van der Waals surface area contributed by atoms with Crippen LogP contribution in [-0.4, -0.2) is 27.8 Å². The number of methoxy groups -OCH3 is 1. The van der Waals surface area contributed by atoms with Crippen LogP contribution >= 0.6 is 0 Å².